The van der Waals surface area contributed by atoms with E-state index in [1.165, 1.54) is 24.3 Å². The average molecular weight is 452 g/mol. The number of amides is 3. The SMILES string of the molecule is Cc1ccc(C(=O)N2CCC([C@H](NC(=O)c3ccc(F)cc3)C(=O)N3CCCC3)CC2)cc1. The van der Waals surface area contributed by atoms with Crippen LogP contribution in [0.3, 0.4) is 0 Å². The minimum atomic E-state index is -0.655. The van der Waals surface area contributed by atoms with Crippen molar-refractivity contribution in [3.05, 3.63) is 71.0 Å². The van der Waals surface area contributed by atoms with E-state index in [2.05, 4.69) is 5.32 Å². The summed E-state index contributed by atoms with van der Waals surface area (Å²) in [5.41, 5.74) is 2.08. The molecule has 1 N–H and O–H groups in total. The third kappa shape index (κ3) is 5.41. The molecule has 4 rings (SSSR count). The summed E-state index contributed by atoms with van der Waals surface area (Å²) >= 11 is 0. The van der Waals surface area contributed by atoms with Crippen LogP contribution in [-0.4, -0.2) is 59.7 Å². The topological polar surface area (TPSA) is 69.7 Å². The lowest BCUT2D eigenvalue weighted by Crippen LogP contribution is -2.54. The zero-order chi connectivity index (χ0) is 23.4. The van der Waals surface area contributed by atoms with Crippen molar-refractivity contribution in [2.24, 2.45) is 5.92 Å². The summed E-state index contributed by atoms with van der Waals surface area (Å²) in [6, 6.07) is 12.2. The summed E-state index contributed by atoms with van der Waals surface area (Å²) in [4.78, 5) is 42.7. The van der Waals surface area contributed by atoms with Gasteiger partial charge in [-0.2, -0.15) is 0 Å². The smallest absolute Gasteiger partial charge is 0.253 e. The van der Waals surface area contributed by atoms with Crippen LogP contribution in [0.15, 0.2) is 48.5 Å². The predicted octanol–water partition coefficient (Wildman–Crippen LogP) is 3.41. The van der Waals surface area contributed by atoms with Gasteiger partial charge in [0.15, 0.2) is 0 Å². The number of hydrogen-bond donors (Lipinski definition) is 1. The molecule has 33 heavy (non-hydrogen) atoms. The van der Waals surface area contributed by atoms with Crippen LogP contribution in [0.5, 0.6) is 0 Å². The summed E-state index contributed by atoms with van der Waals surface area (Å²) in [6.07, 6.45) is 3.19. The number of nitrogens with one attached hydrogen (secondary N) is 1. The fourth-order valence-electron chi connectivity index (χ4n) is 4.66. The minimum Gasteiger partial charge on any atom is -0.341 e. The highest BCUT2D eigenvalue weighted by Crippen LogP contribution is 2.25. The summed E-state index contributed by atoms with van der Waals surface area (Å²) in [5.74, 6) is -0.936. The lowest BCUT2D eigenvalue weighted by atomic mass is 9.88. The van der Waals surface area contributed by atoms with Crippen LogP contribution in [0.4, 0.5) is 4.39 Å². The van der Waals surface area contributed by atoms with Gasteiger partial charge in [-0.3, -0.25) is 14.4 Å². The molecule has 0 saturated carbocycles. The molecule has 7 heteroatoms. The van der Waals surface area contributed by atoms with Gasteiger partial charge in [0.2, 0.25) is 5.91 Å². The fourth-order valence-corrected chi connectivity index (χ4v) is 4.66. The number of carbonyl (C=O) groups excluding carboxylic acids is 3. The maximum absolute atomic E-state index is 13.3. The minimum absolute atomic E-state index is 0.00813. The highest BCUT2D eigenvalue weighted by Gasteiger charge is 2.37. The molecule has 0 radical (unpaired) electrons. The van der Waals surface area contributed by atoms with Crippen LogP contribution >= 0.6 is 0 Å². The van der Waals surface area contributed by atoms with Gasteiger partial charge in [0, 0.05) is 37.3 Å². The van der Waals surface area contributed by atoms with E-state index in [1.807, 2.05) is 41.0 Å². The van der Waals surface area contributed by atoms with Crippen molar-refractivity contribution in [3.63, 3.8) is 0 Å². The molecular weight excluding hydrogens is 421 g/mol. The largest absolute Gasteiger partial charge is 0.341 e. The van der Waals surface area contributed by atoms with Crippen LogP contribution in [-0.2, 0) is 4.79 Å². The van der Waals surface area contributed by atoms with E-state index >= 15 is 0 Å². The zero-order valence-corrected chi connectivity index (χ0v) is 18.9. The number of piperidine rings is 1. The number of carbonyl (C=O) groups is 3. The van der Waals surface area contributed by atoms with E-state index in [-0.39, 0.29) is 23.6 Å². The molecule has 2 aromatic rings. The Bertz CT molecular complexity index is 992. The number of aryl methyl sites for hydroxylation is 1. The zero-order valence-electron chi connectivity index (χ0n) is 18.9. The molecule has 2 heterocycles. The summed E-state index contributed by atoms with van der Waals surface area (Å²) in [7, 11) is 0. The Morgan fingerprint density at radius 1 is 0.848 bits per heavy atom. The number of nitrogens with zero attached hydrogens (tertiary/aromatic N) is 2. The van der Waals surface area contributed by atoms with Crippen LogP contribution in [0.25, 0.3) is 0 Å². The number of likely N-dealkylation sites (tertiary alicyclic amines) is 2. The first-order chi connectivity index (χ1) is 15.9. The number of hydrogen-bond acceptors (Lipinski definition) is 3. The second-order valence-electron chi connectivity index (χ2n) is 8.99. The molecular formula is C26H30FN3O3. The normalized spacial score (nSPS) is 17.6. The van der Waals surface area contributed by atoms with Crippen molar-refractivity contribution in [1.82, 2.24) is 15.1 Å². The van der Waals surface area contributed by atoms with E-state index in [1.54, 1.807) is 0 Å². The Morgan fingerprint density at radius 3 is 2.03 bits per heavy atom. The average Bonchev–Trinajstić information content (AvgIpc) is 3.38. The van der Waals surface area contributed by atoms with E-state index in [0.29, 0.717) is 50.1 Å². The quantitative estimate of drug-likeness (QED) is 0.758. The van der Waals surface area contributed by atoms with Gasteiger partial charge in [0.1, 0.15) is 11.9 Å². The Balaban J connectivity index is 1.45. The standard InChI is InChI=1S/C26H30FN3O3/c1-18-4-6-21(7-5-18)25(32)30-16-12-19(13-17-30)23(26(33)29-14-2-3-15-29)28-24(31)20-8-10-22(27)11-9-20/h4-11,19,23H,2-3,12-17H2,1H3,(H,28,31)/t23-/m0/s1. The molecule has 0 aliphatic carbocycles. The van der Waals surface area contributed by atoms with E-state index in [4.69, 9.17) is 0 Å². The second-order valence-corrected chi connectivity index (χ2v) is 8.99. The first-order valence-electron chi connectivity index (χ1n) is 11.6. The van der Waals surface area contributed by atoms with Crippen molar-refractivity contribution in [3.8, 4) is 0 Å². The second kappa shape index (κ2) is 10.1. The maximum atomic E-state index is 13.3. The Kier molecular flexibility index (Phi) is 7.06. The van der Waals surface area contributed by atoms with Gasteiger partial charge in [0.05, 0.1) is 0 Å². The summed E-state index contributed by atoms with van der Waals surface area (Å²) < 4.78 is 13.3. The van der Waals surface area contributed by atoms with Crippen LogP contribution in [0.1, 0.15) is 52.0 Å². The van der Waals surface area contributed by atoms with Gasteiger partial charge in [-0.15, -0.1) is 0 Å². The van der Waals surface area contributed by atoms with Crippen LogP contribution < -0.4 is 5.32 Å². The summed E-state index contributed by atoms with van der Waals surface area (Å²) in [5, 5.41) is 2.93. The molecule has 0 aromatic heterocycles. The molecule has 0 bridgehead atoms. The first-order valence-corrected chi connectivity index (χ1v) is 11.6. The molecule has 2 aliphatic heterocycles. The third-order valence-electron chi connectivity index (χ3n) is 6.67. The number of benzene rings is 2. The first kappa shape index (κ1) is 23.0. The molecule has 0 spiro atoms. The van der Waals surface area contributed by atoms with Gasteiger partial charge in [-0.25, -0.2) is 4.39 Å². The molecule has 2 aromatic carbocycles. The highest BCUT2D eigenvalue weighted by atomic mass is 19.1. The fraction of sp³-hybridized carbons (Fsp3) is 0.423. The summed E-state index contributed by atoms with van der Waals surface area (Å²) in [6.45, 7) is 4.46. The molecule has 0 unspecified atom stereocenters. The monoisotopic (exact) mass is 451 g/mol. The molecule has 2 fully saturated rings. The van der Waals surface area contributed by atoms with E-state index < -0.39 is 11.9 Å². The van der Waals surface area contributed by atoms with Crippen LogP contribution in [0.2, 0.25) is 0 Å². The van der Waals surface area contributed by atoms with Crippen LogP contribution in [0, 0.1) is 18.7 Å². The number of rotatable bonds is 5. The van der Waals surface area contributed by atoms with Crippen molar-refractivity contribution in [2.75, 3.05) is 26.2 Å². The molecule has 1 atom stereocenters. The van der Waals surface area contributed by atoms with Gasteiger partial charge in [0.25, 0.3) is 11.8 Å². The van der Waals surface area contributed by atoms with E-state index in [0.717, 1.165) is 18.4 Å². The van der Waals surface area contributed by atoms with Gasteiger partial charge in [-0.1, -0.05) is 17.7 Å². The van der Waals surface area contributed by atoms with Crippen molar-refractivity contribution in [1.29, 1.82) is 0 Å². The van der Waals surface area contributed by atoms with Gasteiger partial charge < -0.3 is 15.1 Å². The molecule has 2 saturated heterocycles. The van der Waals surface area contributed by atoms with E-state index in [9.17, 15) is 18.8 Å². The number of halogens is 1. The molecule has 6 nitrogen and oxygen atoms in total. The lowest BCUT2D eigenvalue weighted by molar-refractivity contribution is -0.134. The Hall–Kier alpha value is -3.22. The Morgan fingerprint density at radius 2 is 1.42 bits per heavy atom. The van der Waals surface area contributed by atoms with Gasteiger partial charge in [-0.05, 0) is 74.9 Å². The van der Waals surface area contributed by atoms with Gasteiger partial charge >= 0.3 is 0 Å². The maximum Gasteiger partial charge on any atom is 0.253 e. The molecule has 2 aliphatic rings. The predicted molar refractivity (Wildman–Crippen MR) is 123 cm³/mol. The highest BCUT2D eigenvalue weighted by molar-refractivity contribution is 5.98. The lowest BCUT2D eigenvalue weighted by Gasteiger charge is -2.37. The molecule has 174 valence electrons. The molecule has 3 amide bonds. The van der Waals surface area contributed by atoms with Crippen molar-refractivity contribution in [2.45, 2.75) is 38.6 Å². The van der Waals surface area contributed by atoms with Crippen molar-refractivity contribution >= 4 is 17.7 Å². The Labute approximate surface area is 193 Å². The van der Waals surface area contributed by atoms with Crippen molar-refractivity contribution < 1.29 is 18.8 Å². The third-order valence-corrected chi connectivity index (χ3v) is 6.67.